The van der Waals surface area contributed by atoms with Crippen molar-refractivity contribution in [2.75, 3.05) is 12.8 Å². The van der Waals surface area contributed by atoms with Gasteiger partial charge in [-0.2, -0.15) is 0 Å². The van der Waals surface area contributed by atoms with Crippen molar-refractivity contribution in [3.63, 3.8) is 0 Å². The van der Waals surface area contributed by atoms with E-state index in [1.54, 1.807) is 31.2 Å². The Hall–Kier alpha value is -1.16. The molecule has 4 atom stereocenters. The lowest BCUT2D eigenvalue weighted by molar-refractivity contribution is -0.144. The quantitative estimate of drug-likeness (QED) is 0.753. The molecule has 1 aromatic rings. The van der Waals surface area contributed by atoms with E-state index < -0.39 is 19.3 Å². The molecule has 0 aliphatic carbocycles. The molecule has 0 saturated carbocycles. The van der Waals surface area contributed by atoms with E-state index >= 15 is 0 Å². The van der Waals surface area contributed by atoms with Crippen LogP contribution < -0.4 is 0 Å². The van der Waals surface area contributed by atoms with E-state index in [0.29, 0.717) is 6.61 Å². The summed E-state index contributed by atoms with van der Waals surface area (Å²) in [7, 11) is -3.55. The van der Waals surface area contributed by atoms with Crippen molar-refractivity contribution in [3.05, 3.63) is 35.9 Å². The molecule has 22 heavy (non-hydrogen) atoms. The molecule has 1 aliphatic rings. The first-order chi connectivity index (χ1) is 10.4. The van der Waals surface area contributed by atoms with Crippen molar-refractivity contribution in [3.8, 4) is 0 Å². The number of ether oxygens (including phenoxy) is 1. The molecule has 0 spiro atoms. The van der Waals surface area contributed by atoms with Gasteiger partial charge in [0.05, 0.1) is 12.0 Å². The third kappa shape index (κ3) is 4.67. The van der Waals surface area contributed by atoms with Crippen LogP contribution in [0.2, 0.25) is 0 Å². The van der Waals surface area contributed by atoms with Crippen molar-refractivity contribution in [2.24, 2.45) is 11.8 Å². The molecule has 1 aromatic carbocycles. The van der Waals surface area contributed by atoms with Gasteiger partial charge in [-0.25, -0.2) is 0 Å². The number of rotatable bonds is 7. The number of benzene rings is 1. The third-order valence-electron chi connectivity index (χ3n) is 4.26. The molecule has 2 N–H and O–H groups in total. The largest absolute Gasteiger partial charge is 0.481 e. The van der Waals surface area contributed by atoms with Crippen molar-refractivity contribution >= 4 is 13.3 Å². The Morgan fingerprint density at radius 3 is 2.64 bits per heavy atom. The fraction of sp³-hybridized carbons (Fsp3) is 0.562. The molecule has 0 amide bonds. The molecular formula is C16H23O5P. The molecular weight excluding hydrogens is 303 g/mol. The van der Waals surface area contributed by atoms with Crippen LogP contribution in [0.25, 0.3) is 0 Å². The van der Waals surface area contributed by atoms with Crippen LogP contribution in [-0.4, -0.2) is 34.8 Å². The first kappa shape index (κ1) is 17.2. The summed E-state index contributed by atoms with van der Waals surface area (Å²) in [4.78, 5) is 21.8. The smallest absolute Gasteiger partial charge is 0.307 e. The molecule has 4 unspecified atom stereocenters. The molecule has 0 aromatic heterocycles. The Balaban J connectivity index is 2.05. The van der Waals surface area contributed by atoms with Gasteiger partial charge in [-0.3, -0.25) is 9.36 Å². The minimum Gasteiger partial charge on any atom is -0.481 e. The molecule has 1 aliphatic heterocycles. The maximum atomic E-state index is 12.5. The highest BCUT2D eigenvalue weighted by molar-refractivity contribution is 7.57. The van der Waals surface area contributed by atoms with Crippen LogP contribution in [0.3, 0.4) is 0 Å². The molecule has 1 fully saturated rings. The van der Waals surface area contributed by atoms with Crippen molar-refractivity contribution in [2.45, 2.75) is 32.0 Å². The molecule has 5 nitrogen and oxygen atoms in total. The maximum absolute atomic E-state index is 12.5. The van der Waals surface area contributed by atoms with E-state index in [-0.39, 0.29) is 24.3 Å². The lowest BCUT2D eigenvalue weighted by atomic mass is 9.89. The standard InChI is InChI=1S/C16H23O5P/c1-12(15-8-5-9-21-15)14(16(17)18)11-22(19,20)10-13-6-3-2-4-7-13/h2-4,6-7,12,14-15H,5,8-11H2,1H3,(H,17,18)(H,19,20). The number of carboxylic acids is 1. The summed E-state index contributed by atoms with van der Waals surface area (Å²) in [5.41, 5.74) is 0.752. The predicted molar refractivity (Wildman–Crippen MR) is 84.1 cm³/mol. The topological polar surface area (TPSA) is 83.8 Å². The van der Waals surface area contributed by atoms with Crippen LogP contribution in [0, 0.1) is 11.8 Å². The maximum Gasteiger partial charge on any atom is 0.307 e. The fourth-order valence-electron chi connectivity index (χ4n) is 2.99. The predicted octanol–water partition coefficient (Wildman–Crippen LogP) is 2.97. The zero-order valence-electron chi connectivity index (χ0n) is 12.7. The Kier molecular flexibility index (Phi) is 5.79. The number of hydrogen-bond donors (Lipinski definition) is 2. The van der Waals surface area contributed by atoms with E-state index in [1.165, 1.54) is 0 Å². The van der Waals surface area contributed by atoms with Gasteiger partial charge in [-0.15, -0.1) is 0 Å². The number of carbonyl (C=O) groups is 1. The Labute approximate surface area is 130 Å². The van der Waals surface area contributed by atoms with Gasteiger partial charge in [-0.1, -0.05) is 37.3 Å². The van der Waals surface area contributed by atoms with Crippen LogP contribution >= 0.6 is 7.37 Å². The van der Waals surface area contributed by atoms with E-state index in [9.17, 15) is 19.4 Å². The lowest BCUT2D eigenvalue weighted by Crippen LogP contribution is -2.33. The lowest BCUT2D eigenvalue weighted by Gasteiger charge is -2.26. The number of aliphatic carboxylic acids is 1. The summed E-state index contributed by atoms with van der Waals surface area (Å²) in [5, 5.41) is 9.45. The van der Waals surface area contributed by atoms with Gasteiger partial charge in [-0.05, 0) is 24.3 Å². The van der Waals surface area contributed by atoms with E-state index in [1.807, 2.05) is 6.07 Å². The number of carboxylic acid groups (broad SMARTS) is 1. The van der Waals surface area contributed by atoms with Gasteiger partial charge in [0.1, 0.15) is 0 Å². The molecule has 2 rings (SSSR count). The summed E-state index contributed by atoms with van der Waals surface area (Å²) in [6.07, 6.45) is 1.41. The SMILES string of the molecule is CC(C1CCCO1)C(CP(=O)(O)Cc1ccccc1)C(=O)O. The van der Waals surface area contributed by atoms with Gasteiger partial charge in [0.15, 0.2) is 0 Å². The molecule has 1 heterocycles. The normalized spacial score (nSPS) is 23.6. The van der Waals surface area contributed by atoms with Gasteiger partial charge >= 0.3 is 5.97 Å². The highest BCUT2D eigenvalue weighted by Crippen LogP contribution is 2.48. The zero-order valence-corrected chi connectivity index (χ0v) is 13.6. The summed E-state index contributed by atoms with van der Waals surface area (Å²) in [5.74, 6) is -2.15. The summed E-state index contributed by atoms with van der Waals surface area (Å²) in [6.45, 7) is 2.44. The van der Waals surface area contributed by atoms with E-state index in [4.69, 9.17) is 4.74 Å². The Morgan fingerprint density at radius 1 is 1.41 bits per heavy atom. The highest BCUT2D eigenvalue weighted by atomic mass is 31.2. The van der Waals surface area contributed by atoms with Crippen molar-refractivity contribution < 1.29 is 24.1 Å². The Morgan fingerprint density at radius 2 is 2.09 bits per heavy atom. The molecule has 6 heteroatoms. The monoisotopic (exact) mass is 326 g/mol. The van der Waals surface area contributed by atoms with Gasteiger partial charge in [0, 0.05) is 18.9 Å². The average Bonchev–Trinajstić information content (AvgIpc) is 2.98. The molecule has 122 valence electrons. The second-order valence-corrected chi connectivity index (χ2v) is 8.40. The van der Waals surface area contributed by atoms with Gasteiger partial charge in [0.2, 0.25) is 7.37 Å². The van der Waals surface area contributed by atoms with Crippen LogP contribution in [-0.2, 0) is 20.3 Å². The van der Waals surface area contributed by atoms with Crippen LogP contribution in [0.1, 0.15) is 25.3 Å². The van der Waals surface area contributed by atoms with Crippen molar-refractivity contribution in [1.29, 1.82) is 0 Å². The van der Waals surface area contributed by atoms with Crippen LogP contribution in [0.4, 0.5) is 0 Å². The van der Waals surface area contributed by atoms with Crippen LogP contribution in [0.15, 0.2) is 30.3 Å². The van der Waals surface area contributed by atoms with E-state index in [0.717, 1.165) is 18.4 Å². The third-order valence-corrected chi connectivity index (χ3v) is 6.08. The summed E-state index contributed by atoms with van der Waals surface area (Å²) in [6, 6.07) is 9.01. The van der Waals surface area contributed by atoms with Crippen LogP contribution in [0.5, 0.6) is 0 Å². The van der Waals surface area contributed by atoms with Gasteiger partial charge < -0.3 is 14.7 Å². The fourth-order valence-corrected chi connectivity index (χ4v) is 5.00. The molecule has 0 bridgehead atoms. The second-order valence-electron chi connectivity index (χ2n) is 6.03. The highest BCUT2D eigenvalue weighted by Gasteiger charge is 2.37. The number of hydrogen-bond acceptors (Lipinski definition) is 3. The summed E-state index contributed by atoms with van der Waals surface area (Å²) >= 11 is 0. The summed E-state index contributed by atoms with van der Waals surface area (Å²) < 4.78 is 18.0. The van der Waals surface area contributed by atoms with Crippen molar-refractivity contribution in [1.82, 2.24) is 0 Å². The Bertz CT molecular complexity index is 539. The second kappa shape index (κ2) is 7.40. The molecule has 0 radical (unpaired) electrons. The minimum atomic E-state index is -3.55. The first-order valence-electron chi connectivity index (χ1n) is 7.58. The minimum absolute atomic E-state index is 0.00979. The molecule has 1 saturated heterocycles. The zero-order chi connectivity index (χ0) is 16.2. The first-order valence-corrected chi connectivity index (χ1v) is 9.61. The van der Waals surface area contributed by atoms with E-state index in [2.05, 4.69) is 0 Å². The average molecular weight is 326 g/mol. The van der Waals surface area contributed by atoms with Gasteiger partial charge in [0.25, 0.3) is 0 Å².